The minimum absolute atomic E-state index is 0.188. The molecule has 0 spiro atoms. The lowest BCUT2D eigenvalue weighted by atomic mass is 10.00. The third kappa shape index (κ3) is 2.77. The zero-order chi connectivity index (χ0) is 13.9. The first-order valence-corrected chi connectivity index (χ1v) is 7.06. The molecule has 0 saturated carbocycles. The number of carbonyl (C=O) groups excluding carboxylic acids is 1. The fraction of sp³-hybridized carbons (Fsp3) is 0.250. The quantitative estimate of drug-likeness (QED) is 0.654. The first-order chi connectivity index (χ1) is 8.32. The van der Waals surface area contributed by atoms with Gasteiger partial charge in [0.05, 0.1) is 10.5 Å². The molecule has 0 amide bonds. The summed E-state index contributed by atoms with van der Waals surface area (Å²) in [5, 5.41) is 0. The van der Waals surface area contributed by atoms with Gasteiger partial charge < -0.3 is 4.84 Å². The summed E-state index contributed by atoms with van der Waals surface area (Å²) in [5.74, 6) is 4.14. The number of sulfone groups is 1. The van der Waals surface area contributed by atoms with E-state index in [-0.39, 0.29) is 10.5 Å². The Balaban J connectivity index is 3.57. The van der Waals surface area contributed by atoms with E-state index in [1.54, 1.807) is 13.0 Å². The highest BCUT2D eigenvalue weighted by Crippen LogP contribution is 2.24. The summed E-state index contributed by atoms with van der Waals surface area (Å²) in [6, 6.07) is 2.78. The Morgan fingerprint density at radius 2 is 2.11 bits per heavy atom. The molecule has 1 rings (SSSR count). The minimum atomic E-state index is -3.36. The normalized spacial score (nSPS) is 11.1. The van der Waals surface area contributed by atoms with Crippen LogP contribution < -0.4 is 5.90 Å². The van der Waals surface area contributed by atoms with Crippen molar-refractivity contribution in [3.8, 4) is 0 Å². The van der Waals surface area contributed by atoms with E-state index >= 15 is 0 Å². The molecule has 0 aliphatic carbocycles. The van der Waals surface area contributed by atoms with Crippen LogP contribution in [0.3, 0.4) is 0 Å². The van der Waals surface area contributed by atoms with Crippen LogP contribution in [0.4, 0.5) is 0 Å². The molecular formula is C12H15NO4S. The van der Waals surface area contributed by atoms with Crippen LogP contribution in [0.1, 0.15) is 21.5 Å². The summed E-state index contributed by atoms with van der Waals surface area (Å²) in [6.07, 6.45) is 3.05. The highest BCUT2D eigenvalue weighted by Gasteiger charge is 2.19. The summed E-state index contributed by atoms with van der Waals surface area (Å²) in [7, 11) is -3.36. The molecule has 2 N–H and O–H groups in total. The van der Waals surface area contributed by atoms with Gasteiger partial charge in [-0.3, -0.25) is 0 Å². The van der Waals surface area contributed by atoms with E-state index in [4.69, 9.17) is 5.90 Å². The van der Waals surface area contributed by atoms with Crippen LogP contribution in [0.25, 0.3) is 0 Å². The maximum atomic E-state index is 11.7. The van der Waals surface area contributed by atoms with E-state index in [0.717, 1.165) is 6.26 Å². The molecule has 0 aromatic heterocycles. The van der Waals surface area contributed by atoms with Gasteiger partial charge in [-0.25, -0.2) is 13.2 Å². The van der Waals surface area contributed by atoms with Crippen molar-refractivity contribution >= 4 is 15.8 Å². The van der Waals surface area contributed by atoms with Gasteiger partial charge in [-0.2, -0.15) is 5.90 Å². The SMILES string of the molecule is C=CCc1c(S(C)(=O)=O)ccc(C(=O)ON)c1C. The van der Waals surface area contributed by atoms with Gasteiger partial charge in [-0.15, -0.1) is 6.58 Å². The van der Waals surface area contributed by atoms with E-state index in [9.17, 15) is 13.2 Å². The van der Waals surface area contributed by atoms with Gasteiger partial charge in [-0.05, 0) is 36.6 Å². The standard InChI is InChI=1S/C12H15NO4S/c1-4-5-9-8(2)10(12(14)17-13)6-7-11(9)18(3,15)16/h4,6-7H,1,5,13H2,2-3H3. The summed E-state index contributed by atoms with van der Waals surface area (Å²) >= 11 is 0. The maximum Gasteiger partial charge on any atom is 0.356 e. The molecule has 6 heteroatoms. The van der Waals surface area contributed by atoms with Gasteiger partial charge in [0, 0.05) is 6.26 Å². The van der Waals surface area contributed by atoms with Crippen molar-refractivity contribution in [2.75, 3.05) is 6.26 Å². The van der Waals surface area contributed by atoms with Gasteiger partial charge in [0.2, 0.25) is 0 Å². The molecule has 0 fully saturated rings. The molecule has 0 radical (unpaired) electrons. The molecule has 5 nitrogen and oxygen atoms in total. The van der Waals surface area contributed by atoms with Crippen LogP contribution >= 0.6 is 0 Å². The second-order valence-corrected chi connectivity index (χ2v) is 5.87. The zero-order valence-corrected chi connectivity index (χ0v) is 11.1. The second-order valence-electron chi connectivity index (χ2n) is 3.89. The van der Waals surface area contributed by atoms with Crippen molar-refractivity contribution in [1.82, 2.24) is 0 Å². The van der Waals surface area contributed by atoms with Crippen LogP contribution in [-0.4, -0.2) is 20.6 Å². The number of carbonyl (C=O) groups is 1. The molecule has 0 aliphatic heterocycles. The van der Waals surface area contributed by atoms with Gasteiger partial charge in [0.1, 0.15) is 0 Å². The maximum absolute atomic E-state index is 11.7. The number of rotatable bonds is 4. The fourth-order valence-corrected chi connectivity index (χ4v) is 2.76. The van der Waals surface area contributed by atoms with Crippen molar-refractivity contribution in [2.45, 2.75) is 18.2 Å². The average molecular weight is 269 g/mol. The van der Waals surface area contributed by atoms with Crippen molar-refractivity contribution in [1.29, 1.82) is 0 Å². The number of benzene rings is 1. The van der Waals surface area contributed by atoms with E-state index in [1.807, 2.05) is 0 Å². The predicted octanol–water partition coefficient (Wildman–Crippen LogP) is 1.16. The van der Waals surface area contributed by atoms with E-state index < -0.39 is 15.8 Å². The summed E-state index contributed by atoms with van der Waals surface area (Å²) in [4.78, 5) is 15.8. The molecule has 1 aromatic rings. The Morgan fingerprint density at radius 3 is 2.56 bits per heavy atom. The Hall–Kier alpha value is -1.66. The number of hydrogen-bond acceptors (Lipinski definition) is 5. The van der Waals surface area contributed by atoms with Gasteiger partial charge in [-0.1, -0.05) is 6.08 Å². The van der Waals surface area contributed by atoms with Gasteiger partial charge in [0.15, 0.2) is 9.84 Å². The average Bonchev–Trinajstić information content (AvgIpc) is 2.29. The van der Waals surface area contributed by atoms with Crippen LogP contribution in [0.15, 0.2) is 29.7 Å². The second kappa shape index (κ2) is 5.32. The van der Waals surface area contributed by atoms with Gasteiger partial charge >= 0.3 is 5.97 Å². The van der Waals surface area contributed by atoms with Crippen molar-refractivity contribution in [2.24, 2.45) is 5.90 Å². The van der Waals surface area contributed by atoms with E-state index in [2.05, 4.69) is 11.4 Å². The number of hydrogen-bond donors (Lipinski definition) is 1. The molecule has 1 aromatic carbocycles. The first-order valence-electron chi connectivity index (χ1n) is 5.17. The Kier molecular flexibility index (Phi) is 4.26. The van der Waals surface area contributed by atoms with E-state index in [1.165, 1.54) is 12.1 Å². The lowest BCUT2D eigenvalue weighted by Crippen LogP contribution is -2.14. The highest BCUT2D eigenvalue weighted by molar-refractivity contribution is 7.90. The van der Waals surface area contributed by atoms with Crippen LogP contribution in [0, 0.1) is 6.92 Å². The molecule has 0 bridgehead atoms. The van der Waals surface area contributed by atoms with Crippen molar-refractivity contribution in [3.63, 3.8) is 0 Å². The largest absolute Gasteiger partial charge is 0.370 e. The third-order valence-electron chi connectivity index (χ3n) is 2.63. The van der Waals surface area contributed by atoms with Crippen molar-refractivity contribution < 1.29 is 18.0 Å². The summed E-state index contributed by atoms with van der Waals surface area (Å²) in [6.45, 7) is 5.23. The van der Waals surface area contributed by atoms with Crippen LogP contribution in [0.5, 0.6) is 0 Å². The molecule has 18 heavy (non-hydrogen) atoms. The summed E-state index contributed by atoms with van der Waals surface area (Å²) in [5.41, 5.74) is 1.32. The lowest BCUT2D eigenvalue weighted by Gasteiger charge is -2.12. The minimum Gasteiger partial charge on any atom is -0.370 e. The third-order valence-corrected chi connectivity index (χ3v) is 3.81. The Labute approximate surface area is 106 Å². The zero-order valence-electron chi connectivity index (χ0n) is 10.3. The molecule has 0 saturated heterocycles. The number of nitrogens with two attached hydrogens (primary N) is 1. The first kappa shape index (κ1) is 14.4. The Bertz CT molecular complexity index is 590. The number of allylic oxidation sites excluding steroid dienone is 1. The molecule has 98 valence electrons. The molecule has 0 aliphatic rings. The topological polar surface area (TPSA) is 86.5 Å². The molecular weight excluding hydrogens is 254 g/mol. The predicted molar refractivity (Wildman–Crippen MR) is 67.8 cm³/mol. The van der Waals surface area contributed by atoms with Crippen molar-refractivity contribution in [3.05, 3.63) is 41.5 Å². The highest BCUT2D eigenvalue weighted by atomic mass is 32.2. The Morgan fingerprint density at radius 1 is 1.50 bits per heavy atom. The monoisotopic (exact) mass is 269 g/mol. The summed E-state index contributed by atoms with van der Waals surface area (Å²) < 4.78 is 23.3. The molecule has 0 unspecified atom stereocenters. The van der Waals surface area contributed by atoms with Crippen LogP contribution in [0.2, 0.25) is 0 Å². The van der Waals surface area contributed by atoms with Crippen LogP contribution in [-0.2, 0) is 21.1 Å². The smallest absolute Gasteiger partial charge is 0.356 e. The molecule has 0 atom stereocenters. The van der Waals surface area contributed by atoms with Gasteiger partial charge in [0.25, 0.3) is 0 Å². The fourth-order valence-electron chi connectivity index (χ4n) is 1.76. The lowest BCUT2D eigenvalue weighted by molar-refractivity contribution is 0.0502. The molecule has 0 heterocycles. The van der Waals surface area contributed by atoms with E-state index in [0.29, 0.717) is 17.5 Å².